The van der Waals surface area contributed by atoms with Gasteiger partial charge in [0.1, 0.15) is 0 Å². The molecule has 0 aliphatic rings. The Morgan fingerprint density at radius 1 is 1.19 bits per heavy atom. The summed E-state index contributed by atoms with van der Waals surface area (Å²) < 4.78 is 0. The van der Waals surface area contributed by atoms with Crippen molar-refractivity contribution >= 4 is 16.8 Å². The molecule has 0 aliphatic carbocycles. The third kappa shape index (κ3) is 1.97. The van der Waals surface area contributed by atoms with E-state index in [1.807, 2.05) is 31.2 Å². The van der Waals surface area contributed by atoms with Gasteiger partial charge in [0.2, 0.25) is 0 Å². The summed E-state index contributed by atoms with van der Waals surface area (Å²) in [6.45, 7) is 3.70. The minimum Gasteiger partial charge on any atom is -0.274 e. The minimum atomic E-state index is -0.587. The van der Waals surface area contributed by atoms with Crippen LogP contribution in [0.1, 0.15) is 21.7 Å². The van der Waals surface area contributed by atoms with E-state index < -0.39 is 5.24 Å². The molecule has 0 spiro atoms. The molecule has 16 heavy (non-hydrogen) atoms. The zero-order chi connectivity index (χ0) is 11.7. The number of hydrogen-bond donors (Lipinski definition) is 0. The molecule has 4 nitrogen and oxygen atoms in total. The number of nitrogens with zero attached hydrogens (tertiary/aromatic N) is 3. The molecule has 0 N–H and O–H groups in total. The first-order chi connectivity index (χ1) is 7.58. The van der Waals surface area contributed by atoms with Crippen LogP contribution in [0.4, 0.5) is 0 Å². The second kappa shape index (κ2) is 4.06. The molecule has 0 aliphatic heterocycles. The molecular formula is C11H10ClN3O. The van der Waals surface area contributed by atoms with Crippen LogP contribution in [0.3, 0.4) is 0 Å². The zero-order valence-corrected chi connectivity index (χ0v) is 9.69. The largest absolute Gasteiger partial charge is 0.274 e. The second-order valence-electron chi connectivity index (χ2n) is 3.53. The third-order valence-corrected chi connectivity index (χ3v) is 2.41. The van der Waals surface area contributed by atoms with Gasteiger partial charge in [0.25, 0.3) is 5.24 Å². The fraction of sp³-hybridized carbons (Fsp3) is 0.182. The van der Waals surface area contributed by atoms with Gasteiger partial charge in [-0.1, -0.05) is 17.7 Å². The average Bonchev–Trinajstić information content (AvgIpc) is 2.61. The maximum atomic E-state index is 11.0. The van der Waals surface area contributed by atoms with E-state index in [2.05, 4.69) is 10.2 Å². The minimum absolute atomic E-state index is 0.197. The van der Waals surface area contributed by atoms with Crippen molar-refractivity contribution < 1.29 is 4.79 Å². The Morgan fingerprint density at radius 2 is 1.81 bits per heavy atom. The molecule has 2 aromatic rings. The monoisotopic (exact) mass is 235 g/mol. The topological polar surface area (TPSA) is 47.8 Å². The summed E-state index contributed by atoms with van der Waals surface area (Å²) in [7, 11) is 0. The number of hydrogen-bond acceptors (Lipinski definition) is 3. The standard InChI is InChI=1S/C11H10ClN3O/c1-7-3-5-9(6-4-7)15-13-8(2)10(14-15)11(12)16/h3-6H,1-2H3. The first-order valence-corrected chi connectivity index (χ1v) is 5.16. The number of aromatic nitrogens is 3. The molecule has 1 heterocycles. The summed E-state index contributed by atoms with van der Waals surface area (Å²) in [5.41, 5.74) is 2.68. The molecule has 1 aromatic heterocycles. The van der Waals surface area contributed by atoms with E-state index >= 15 is 0 Å². The van der Waals surface area contributed by atoms with Gasteiger partial charge in [0, 0.05) is 0 Å². The van der Waals surface area contributed by atoms with Gasteiger partial charge in [0.15, 0.2) is 5.69 Å². The summed E-state index contributed by atoms with van der Waals surface area (Å²) in [5, 5.41) is 7.58. The van der Waals surface area contributed by atoms with Crippen LogP contribution in [0.5, 0.6) is 0 Å². The normalized spacial score (nSPS) is 10.4. The quantitative estimate of drug-likeness (QED) is 0.751. The number of carbonyl (C=O) groups excluding carboxylic acids is 1. The molecule has 0 bridgehead atoms. The van der Waals surface area contributed by atoms with E-state index in [-0.39, 0.29) is 5.69 Å². The van der Waals surface area contributed by atoms with Crippen molar-refractivity contribution in [3.8, 4) is 5.69 Å². The Morgan fingerprint density at radius 3 is 2.31 bits per heavy atom. The van der Waals surface area contributed by atoms with Crippen molar-refractivity contribution in [2.45, 2.75) is 13.8 Å². The molecule has 5 heteroatoms. The maximum Gasteiger partial charge on any atom is 0.274 e. The maximum absolute atomic E-state index is 11.0. The average molecular weight is 236 g/mol. The molecule has 0 saturated carbocycles. The number of aryl methyl sites for hydroxylation is 2. The van der Waals surface area contributed by atoms with E-state index in [0.717, 1.165) is 11.3 Å². The summed E-state index contributed by atoms with van der Waals surface area (Å²) in [6, 6.07) is 7.68. The fourth-order valence-corrected chi connectivity index (χ4v) is 1.53. The van der Waals surface area contributed by atoms with E-state index in [1.165, 1.54) is 4.80 Å². The van der Waals surface area contributed by atoms with Crippen molar-refractivity contribution in [2.24, 2.45) is 0 Å². The van der Waals surface area contributed by atoms with E-state index in [0.29, 0.717) is 5.69 Å². The smallest absolute Gasteiger partial charge is 0.274 e. The summed E-state index contributed by atoms with van der Waals surface area (Å²) in [5.74, 6) is 0. The lowest BCUT2D eigenvalue weighted by atomic mass is 10.2. The first kappa shape index (κ1) is 10.8. The Bertz CT molecular complexity index is 531. The molecule has 1 aromatic carbocycles. The van der Waals surface area contributed by atoms with Crippen molar-refractivity contribution in [1.29, 1.82) is 0 Å². The number of halogens is 1. The molecule has 0 atom stereocenters. The Kier molecular flexibility index (Phi) is 2.75. The van der Waals surface area contributed by atoms with Gasteiger partial charge in [-0.15, -0.1) is 5.10 Å². The van der Waals surface area contributed by atoms with E-state index in [9.17, 15) is 4.79 Å². The van der Waals surface area contributed by atoms with Crippen LogP contribution in [0, 0.1) is 13.8 Å². The summed E-state index contributed by atoms with van der Waals surface area (Å²) in [4.78, 5) is 12.4. The predicted molar refractivity (Wildman–Crippen MR) is 61.0 cm³/mol. The molecule has 0 radical (unpaired) electrons. The molecule has 0 saturated heterocycles. The van der Waals surface area contributed by atoms with Crippen molar-refractivity contribution in [3.63, 3.8) is 0 Å². The highest BCUT2D eigenvalue weighted by Crippen LogP contribution is 2.11. The molecular weight excluding hydrogens is 226 g/mol. The SMILES string of the molecule is Cc1ccc(-n2nc(C)c(C(=O)Cl)n2)cc1. The van der Waals surface area contributed by atoms with E-state index in [4.69, 9.17) is 11.6 Å². The lowest BCUT2D eigenvalue weighted by molar-refractivity contribution is 0.107. The Labute approximate surface area is 97.8 Å². The number of carbonyl (C=O) groups is 1. The van der Waals surface area contributed by atoms with Gasteiger partial charge in [-0.05, 0) is 37.6 Å². The second-order valence-corrected chi connectivity index (χ2v) is 3.88. The van der Waals surface area contributed by atoms with Gasteiger partial charge in [-0.2, -0.15) is 9.90 Å². The summed E-state index contributed by atoms with van der Waals surface area (Å²) in [6.07, 6.45) is 0. The lowest BCUT2D eigenvalue weighted by Gasteiger charge is -1.98. The highest BCUT2D eigenvalue weighted by molar-refractivity contribution is 6.67. The number of rotatable bonds is 2. The van der Waals surface area contributed by atoms with Crippen LogP contribution in [-0.2, 0) is 0 Å². The van der Waals surface area contributed by atoms with Crippen molar-refractivity contribution in [2.75, 3.05) is 0 Å². The van der Waals surface area contributed by atoms with Gasteiger partial charge < -0.3 is 0 Å². The fourth-order valence-electron chi connectivity index (χ4n) is 1.35. The van der Waals surface area contributed by atoms with Gasteiger partial charge in [-0.3, -0.25) is 4.79 Å². The highest BCUT2D eigenvalue weighted by atomic mass is 35.5. The predicted octanol–water partition coefficient (Wildman–Crippen LogP) is 2.26. The Hall–Kier alpha value is -1.68. The molecule has 0 unspecified atom stereocenters. The number of benzene rings is 1. The highest BCUT2D eigenvalue weighted by Gasteiger charge is 2.13. The first-order valence-electron chi connectivity index (χ1n) is 4.79. The van der Waals surface area contributed by atoms with Gasteiger partial charge >= 0.3 is 0 Å². The molecule has 0 fully saturated rings. The molecule has 82 valence electrons. The van der Waals surface area contributed by atoms with Crippen LogP contribution < -0.4 is 0 Å². The Balaban J connectivity index is 2.45. The zero-order valence-electron chi connectivity index (χ0n) is 8.94. The van der Waals surface area contributed by atoms with Gasteiger partial charge in [0.05, 0.1) is 11.4 Å². The third-order valence-electron chi connectivity index (χ3n) is 2.23. The lowest BCUT2D eigenvalue weighted by Crippen LogP contribution is -1.99. The van der Waals surface area contributed by atoms with Crippen LogP contribution in [-0.4, -0.2) is 20.2 Å². The van der Waals surface area contributed by atoms with Crippen LogP contribution >= 0.6 is 11.6 Å². The van der Waals surface area contributed by atoms with E-state index in [1.54, 1.807) is 6.92 Å². The summed E-state index contributed by atoms with van der Waals surface area (Å²) >= 11 is 5.38. The van der Waals surface area contributed by atoms with Crippen LogP contribution in [0.15, 0.2) is 24.3 Å². The van der Waals surface area contributed by atoms with Gasteiger partial charge in [-0.25, -0.2) is 0 Å². The van der Waals surface area contributed by atoms with Crippen LogP contribution in [0.25, 0.3) is 5.69 Å². The molecule has 0 amide bonds. The van der Waals surface area contributed by atoms with Crippen molar-refractivity contribution in [1.82, 2.24) is 15.0 Å². The molecule has 2 rings (SSSR count). The van der Waals surface area contributed by atoms with Crippen molar-refractivity contribution in [3.05, 3.63) is 41.2 Å². The van der Waals surface area contributed by atoms with Crippen LogP contribution in [0.2, 0.25) is 0 Å².